The van der Waals surface area contributed by atoms with Crippen molar-refractivity contribution in [2.45, 2.75) is 58.2 Å². The second-order valence-electron chi connectivity index (χ2n) is 6.30. The van der Waals surface area contributed by atoms with Gasteiger partial charge in [-0.1, -0.05) is 45.0 Å². The number of hydrogen-bond acceptors (Lipinski definition) is 2. The minimum atomic E-state index is 0.236. The van der Waals surface area contributed by atoms with Crippen LogP contribution in [0.15, 0.2) is 24.3 Å². The van der Waals surface area contributed by atoms with Gasteiger partial charge in [-0.3, -0.25) is 0 Å². The average molecular weight is 247 g/mol. The maximum Gasteiger partial charge on any atom is 0.0700 e. The number of benzene rings is 1. The summed E-state index contributed by atoms with van der Waals surface area (Å²) in [6, 6.07) is 9.45. The Morgan fingerprint density at radius 3 is 2.39 bits per heavy atom. The highest BCUT2D eigenvalue weighted by Gasteiger charge is 2.23. The minimum absolute atomic E-state index is 0.236. The molecule has 1 aliphatic heterocycles. The van der Waals surface area contributed by atoms with E-state index in [1.165, 1.54) is 11.1 Å². The van der Waals surface area contributed by atoms with Crippen molar-refractivity contribution in [3.8, 4) is 0 Å². The van der Waals surface area contributed by atoms with E-state index in [2.05, 4.69) is 57.3 Å². The maximum absolute atomic E-state index is 5.56. The molecule has 1 aromatic rings. The van der Waals surface area contributed by atoms with Crippen molar-refractivity contribution >= 4 is 0 Å². The van der Waals surface area contributed by atoms with Gasteiger partial charge >= 0.3 is 0 Å². The minimum Gasteiger partial charge on any atom is -0.377 e. The highest BCUT2D eigenvalue weighted by molar-refractivity contribution is 5.27. The van der Waals surface area contributed by atoms with Gasteiger partial charge in [-0.2, -0.15) is 0 Å². The molecule has 2 unspecified atom stereocenters. The lowest BCUT2D eigenvalue weighted by atomic mass is 9.87. The van der Waals surface area contributed by atoms with Gasteiger partial charge in [0.15, 0.2) is 0 Å². The fourth-order valence-electron chi connectivity index (χ4n) is 2.37. The number of ether oxygens (including phenoxy) is 1. The molecule has 2 atom stereocenters. The van der Waals surface area contributed by atoms with E-state index in [1.54, 1.807) is 0 Å². The highest BCUT2D eigenvalue weighted by atomic mass is 16.5. The molecule has 0 spiro atoms. The fourth-order valence-corrected chi connectivity index (χ4v) is 2.37. The molecular weight excluding hydrogens is 222 g/mol. The Bertz CT molecular complexity index is 377. The summed E-state index contributed by atoms with van der Waals surface area (Å²) in [6.07, 6.45) is 1.47. The molecule has 1 aromatic carbocycles. The van der Waals surface area contributed by atoms with E-state index in [0.29, 0.717) is 12.1 Å². The smallest absolute Gasteiger partial charge is 0.0700 e. The zero-order chi connectivity index (χ0) is 13.2. The van der Waals surface area contributed by atoms with Gasteiger partial charge in [0.25, 0.3) is 0 Å². The third-order valence-electron chi connectivity index (χ3n) is 3.76. The summed E-state index contributed by atoms with van der Waals surface area (Å²) in [6.45, 7) is 10.7. The zero-order valence-electron chi connectivity index (χ0n) is 12.0. The predicted octanol–water partition coefficient (Wildman–Crippen LogP) is 3.25. The van der Waals surface area contributed by atoms with Crippen LogP contribution in [0.3, 0.4) is 0 Å². The molecule has 0 bridgehead atoms. The third kappa shape index (κ3) is 3.33. The van der Waals surface area contributed by atoms with Crippen LogP contribution < -0.4 is 5.32 Å². The van der Waals surface area contributed by atoms with E-state index in [-0.39, 0.29) is 5.41 Å². The van der Waals surface area contributed by atoms with Crippen molar-refractivity contribution in [2.24, 2.45) is 0 Å². The quantitative estimate of drug-likeness (QED) is 0.885. The van der Waals surface area contributed by atoms with Crippen LogP contribution in [-0.4, -0.2) is 18.8 Å². The van der Waals surface area contributed by atoms with E-state index in [0.717, 1.165) is 19.6 Å². The lowest BCUT2D eigenvalue weighted by Crippen LogP contribution is -2.34. The summed E-state index contributed by atoms with van der Waals surface area (Å²) in [5, 5.41) is 3.58. The SMILES string of the molecule is CC1OCCC1NCc1ccc(C(C)(C)C)cc1. The van der Waals surface area contributed by atoms with Gasteiger partial charge in [-0.15, -0.1) is 0 Å². The fraction of sp³-hybridized carbons (Fsp3) is 0.625. The topological polar surface area (TPSA) is 21.3 Å². The van der Waals surface area contributed by atoms with Gasteiger partial charge in [0.2, 0.25) is 0 Å². The van der Waals surface area contributed by atoms with Crippen LogP contribution in [0.4, 0.5) is 0 Å². The highest BCUT2D eigenvalue weighted by Crippen LogP contribution is 2.22. The molecule has 2 heteroatoms. The van der Waals surface area contributed by atoms with Crippen molar-refractivity contribution in [3.63, 3.8) is 0 Å². The Balaban J connectivity index is 1.90. The molecule has 1 aliphatic rings. The summed E-state index contributed by atoms with van der Waals surface area (Å²) in [7, 11) is 0. The third-order valence-corrected chi connectivity index (χ3v) is 3.76. The molecule has 0 amide bonds. The molecule has 1 saturated heterocycles. The lowest BCUT2D eigenvalue weighted by molar-refractivity contribution is 0.113. The molecule has 1 N–H and O–H groups in total. The summed E-state index contributed by atoms with van der Waals surface area (Å²) < 4.78 is 5.56. The first-order valence-electron chi connectivity index (χ1n) is 6.91. The number of nitrogens with one attached hydrogen (secondary N) is 1. The van der Waals surface area contributed by atoms with E-state index in [9.17, 15) is 0 Å². The van der Waals surface area contributed by atoms with E-state index < -0.39 is 0 Å². The van der Waals surface area contributed by atoms with Gasteiger partial charge in [0, 0.05) is 19.2 Å². The Morgan fingerprint density at radius 1 is 1.22 bits per heavy atom. The van der Waals surface area contributed by atoms with Crippen LogP contribution in [0, 0.1) is 0 Å². The zero-order valence-corrected chi connectivity index (χ0v) is 12.0. The van der Waals surface area contributed by atoms with Crippen LogP contribution in [-0.2, 0) is 16.7 Å². The number of hydrogen-bond donors (Lipinski definition) is 1. The molecule has 2 nitrogen and oxygen atoms in total. The van der Waals surface area contributed by atoms with Gasteiger partial charge in [-0.05, 0) is 29.9 Å². The standard InChI is InChI=1S/C16H25NO/c1-12-15(9-10-18-12)17-11-13-5-7-14(8-6-13)16(2,3)4/h5-8,12,15,17H,9-11H2,1-4H3. The van der Waals surface area contributed by atoms with Crippen LogP contribution in [0.5, 0.6) is 0 Å². The summed E-state index contributed by atoms with van der Waals surface area (Å²) in [5.74, 6) is 0. The lowest BCUT2D eigenvalue weighted by Gasteiger charge is -2.20. The van der Waals surface area contributed by atoms with Crippen molar-refractivity contribution < 1.29 is 4.74 Å². The Labute approximate surface area is 111 Å². The molecule has 1 fully saturated rings. The Hall–Kier alpha value is -0.860. The van der Waals surface area contributed by atoms with Gasteiger partial charge in [-0.25, -0.2) is 0 Å². The summed E-state index contributed by atoms with van der Waals surface area (Å²) >= 11 is 0. The van der Waals surface area contributed by atoms with Crippen molar-refractivity contribution in [2.75, 3.05) is 6.61 Å². The molecule has 1 heterocycles. The first kappa shape index (κ1) is 13.6. The molecule has 0 aliphatic carbocycles. The van der Waals surface area contributed by atoms with E-state index in [1.807, 2.05) is 0 Å². The Morgan fingerprint density at radius 2 is 1.89 bits per heavy atom. The summed E-state index contributed by atoms with van der Waals surface area (Å²) in [5.41, 5.74) is 2.98. The van der Waals surface area contributed by atoms with Gasteiger partial charge in [0.05, 0.1) is 6.10 Å². The van der Waals surface area contributed by atoms with Crippen LogP contribution in [0.25, 0.3) is 0 Å². The van der Waals surface area contributed by atoms with Crippen LogP contribution >= 0.6 is 0 Å². The molecule has 2 rings (SSSR count). The Kier molecular flexibility index (Phi) is 4.08. The van der Waals surface area contributed by atoms with Crippen LogP contribution in [0.2, 0.25) is 0 Å². The van der Waals surface area contributed by atoms with Gasteiger partial charge < -0.3 is 10.1 Å². The second kappa shape index (κ2) is 5.41. The molecule has 0 radical (unpaired) electrons. The molecule has 0 aromatic heterocycles. The molecular formula is C16H25NO. The largest absolute Gasteiger partial charge is 0.377 e. The van der Waals surface area contributed by atoms with E-state index in [4.69, 9.17) is 4.74 Å². The average Bonchev–Trinajstić information content (AvgIpc) is 2.72. The second-order valence-corrected chi connectivity index (χ2v) is 6.30. The van der Waals surface area contributed by atoms with Crippen molar-refractivity contribution in [1.29, 1.82) is 0 Å². The van der Waals surface area contributed by atoms with E-state index >= 15 is 0 Å². The first-order chi connectivity index (χ1) is 8.47. The van der Waals surface area contributed by atoms with Crippen molar-refractivity contribution in [1.82, 2.24) is 5.32 Å². The normalized spacial score (nSPS) is 24.4. The first-order valence-corrected chi connectivity index (χ1v) is 6.91. The summed E-state index contributed by atoms with van der Waals surface area (Å²) in [4.78, 5) is 0. The predicted molar refractivity (Wildman–Crippen MR) is 75.8 cm³/mol. The molecule has 0 saturated carbocycles. The van der Waals surface area contributed by atoms with Crippen molar-refractivity contribution in [3.05, 3.63) is 35.4 Å². The monoisotopic (exact) mass is 247 g/mol. The molecule has 18 heavy (non-hydrogen) atoms. The molecule has 100 valence electrons. The number of rotatable bonds is 3. The maximum atomic E-state index is 5.56. The van der Waals surface area contributed by atoms with Crippen LogP contribution in [0.1, 0.15) is 45.2 Å². The van der Waals surface area contributed by atoms with Gasteiger partial charge in [0.1, 0.15) is 0 Å².